The quantitative estimate of drug-likeness (QED) is 0.849. The van der Waals surface area contributed by atoms with Crippen molar-refractivity contribution in [1.82, 2.24) is 20.2 Å². The zero-order valence-electron chi connectivity index (χ0n) is 10.6. The van der Waals surface area contributed by atoms with Crippen LogP contribution in [0.1, 0.15) is 13.3 Å². The summed E-state index contributed by atoms with van der Waals surface area (Å²) in [5.41, 5.74) is 0.717. The maximum absolute atomic E-state index is 11.6. The first-order valence-electron chi connectivity index (χ1n) is 6.08. The Hall–Kier alpha value is -2.09. The van der Waals surface area contributed by atoms with Gasteiger partial charge in [-0.05, 0) is 41.6 Å². The molecular weight excluding hydrogens is 280 g/mol. The predicted molar refractivity (Wildman–Crippen MR) is 70.6 cm³/mol. The molecule has 2 heterocycles. The molecule has 1 aromatic heterocycles. The van der Waals surface area contributed by atoms with Crippen LogP contribution >= 0.6 is 11.8 Å². The minimum atomic E-state index is -0.285. The molecule has 0 amide bonds. The molecule has 0 radical (unpaired) electrons. The van der Waals surface area contributed by atoms with Gasteiger partial charge in [-0.15, -0.1) is 5.10 Å². The van der Waals surface area contributed by atoms with Gasteiger partial charge in [-0.1, -0.05) is 11.8 Å². The number of aromatic hydroxyl groups is 1. The third kappa shape index (κ3) is 2.46. The molecule has 1 saturated heterocycles. The zero-order chi connectivity index (χ0) is 14.1. The molecule has 1 N–H and O–H groups in total. The Morgan fingerprint density at radius 1 is 1.40 bits per heavy atom. The lowest BCUT2D eigenvalue weighted by Crippen LogP contribution is -2.11. The normalized spacial score (nSPS) is 21.9. The number of carbonyl (C=O) groups excluding carboxylic acids is 1. The average molecular weight is 292 g/mol. The van der Waals surface area contributed by atoms with E-state index in [0.29, 0.717) is 11.6 Å². The summed E-state index contributed by atoms with van der Waals surface area (Å²) < 4.78 is 6.64. The van der Waals surface area contributed by atoms with E-state index in [2.05, 4.69) is 15.5 Å². The van der Waals surface area contributed by atoms with E-state index >= 15 is 0 Å². The lowest BCUT2D eigenvalue weighted by molar-refractivity contribution is -0.140. The molecule has 0 aliphatic carbocycles. The summed E-state index contributed by atoms with van der Waals surface area (Å²) >= 11 is 1.29. The Morgan fingerprint density at radius 3 is 2.80 bits per heavy atom. The number of ether oxygens (including phenoxy) is 1. The lowest BCUT2D eigenvalue weighted by atomic mass is 10.3. The first-order valence-corrected chi connectivity index (χ1v) is 6.96. The van der Waals surface area contributed by atoms with E-state index in [-0.39, 0.29) is 23.1 Å². The van der Waals surface area contributed by atoms with E-state index < -0.39 is 0 Å². The lowest BCUT2D eigenvalue weighted by Gasteiger charge is -2.06. The Bertz CT molecular complexity index is 628. The number of cyclic esters (lactones) is 1. The second-order valence-corrected chi connectivity index (χ2v) is 5.65. The highest BCUT2D eigenvalue weighted by Crippen LogP contribution is 2.31. The summed E-state index contributed by atoms with van der Waals surface area (Å²) in [6.45, 7) is 1.86. The molecular formula is C12H12N4O3S. The van der Waals surface area contributed by atoms with Gasteiger partial charge in [0.1, 0.15) is 17.1 Å². The van der Waals surface area contributed by atoms with Crippen molar-refractivity contribution in [2.75, 3.05) is 0 Å². The fourth-order valence-corrected chi connectivity index (χ4v) is 3.05. The summed E-state index contributed by atoms with van der Waals surface area (Å²) in [7, 11) is 0. The van der Waals surface area contributed by atoms with Gasteiger partial charge >= 0.3 is 5.97 Å². The largest absolute Gasteiger partial charge is 0.508 e. The van der Waals surface area contributed by atoms with Crippen molar-refractivity contribution in [3.63, 3.8) is 0 Å². The SMILES string of the molecule is C[C@@H]1C[C@@H](Sc2nnnn2-c2ccc(O)cc2)C(=O)O1. The van der Waals surface area contributed by atoms with Gasteiger partial charge < -0.3 is 9.84 Å². The van der Waals surface area contributed by atoms with Crippen LogP contribution in [-0.2, 0) is 9.53 Å². The minimum Gasteiger partial charge on any atom is -0.508 e. The van der Waals surface area contributed by atoms with Crippen molar-refractivity contribution in [1.29, 1.82) is 0 Å². The Balaban J connectivity index is 1.83. The fraction of sp³-hybridized carbons (Fsp3) is 0.333. The monoisotopic (exact) mass is 292 g/mol. The fourth-order valence-electron chi connectivity index (χ4n) is 1.95. The molecule has 8 heteroatoms. The van der Waals surface area contributed by atoms with Crippen molar-refractivity contribution in [2.45, 2.75) is 29.9 Å². The summed E-state index contributed by atoms with van der Waals surface area (Å²) in [5.74, 6) is -0.0630. The molecule has 104 valence electrons. The molecule has 1 aliphatic heterocycles. The number of nitrogens with zero attached hydrogens (tertiary/aromatic N) is 4. The number of hydrogen-bond donors (Lipinski definition) is 1. The standard InChI is InChI=1S/C12H12N4O3S/c1-7-6-10(11(18)19-7)20-12-13-14-15-16(12)8-2-4-9(17)5-3-8/h2-5,7,10,17H,6H2,1H3/t7-,10-/m1/s1. The number of thioether (sulfide) groups is 1. The minimum absolute atomic E-state index is 0.0713. The number of aromatic nitrogens is 4. The Labute approximate surface area is 118 Å². The van der Waals surface area contributed by atoms with Gasteiger partial charge in [0, 0.05) is 6.42 Å². The van der Waals surface area contributed by atoms with E-state index in [1.165, 1.54) is 16.4 Å². The first kappa shape index (κ1) is 12.9. The Morgan fingerprint density at radius 2 is 2.15 bits per heavy atom. The number of hydrogen-bond acceptors (Lipinski definition) is 7. The van der Waals surface area contributed by atoms with Crippen molar-refractivity contribution < 1.29 is 14.6 Å². The summed E-state index contributed by atoms with van der Waals surface area (Å²) in [6, 6.07) is 6.51. The highest BCUT2D eigenvalue weighted by molar-refractivity contribution is 8.00. The van der Waals surface area contributed by atoms with E-state index in [1.54, 1.807) is 24.3 Å². The number of benzene rings is 1. The molecule has 1 aliphatic rings. The molecule has 0 unspecified atom stereocenters. The predicted octanol–water partition coefficient (Wildman–Crippen LogP) is 1.16. The second-order valence-electron chi connectivity index (χ2n) is 4.48. The van der Waals surface area contributed by atoms with Crippen LogP contribution in [0.3, 0.4) is 0 Å². The molecule has 0 spiro atoms. The number of tetrazole rings is 1. The molecule has 2 atom stereocenters. The van der Waals surface area contributed by atoms with Crippen LogP contribution in [0.25, 0.3) is 5.69 Å². The van der Waals surface area contributed by atoms with Gasteiger partial charge in [0.15, 0.2) is 0 Å². The molecule has 1 fully saturated rings. The van der Waals surface area contributed by atoms with Crippen LogP contribution < -0.4 is 0 Å². The highest BCUT2D eigenvalue weighted by Gasteiger charge is 2.34. The van der Waals surface area contributed by atoms with Gasteiger partial charge in [0.2, 0.25) is 5.16 Å². The van der Waals surface area contributed by atoms with E-state index in [4.69, 9.17) is 4.74 Å². The zero-order valence-corrected chi connectivity index (χ0v) is 11.4. The maximum atomic E-state index is 11.6. The van der Waals surface area contributed by atoms with Crippen molar-refractivity contribution >= 4 is 17.7 Å². The van der Waals surface area contributed by atoms with Crippen molar-refractivity contribution in [2.24, 2.45) is 0 Å². The van der Waals surface area contributed by atoms with Crippen LogP contribution in [-0.4, -0.2) is 42.6 Å². The van der Waals surface area contributed by atoms with E-state index in [1.807, 2.05) is 6.92 Å². The summed E-state index contributed by atoms with van der Waals surface area (Å²) in [4.78, 5) is 11.6. The van der Waals surface area contributed by atoms with Gasteiger partial charge in [-0.3, -0.25) is 4.79 Å². The van der Waals surface area contributed by atoms with Gasteiger partial charge in [0.05, 0.1) is 5.69 Å². The summed E-state index contributed by atoms with van der Waals surface area (Å²) in [6.07, 6.45) is 0.573. The van der Waals surface area contributed by atoms with Gasteiger partial charge in [-0.2, -0.15) is 4.68 Å². The summed E-state index contributed by atoms with van der Waals surface area (Å²) in [5, 5.41) is 21.0. The molecule has 3 rings (SSSR count). The number of esters is 1. The third-order valence-corrected chi connectivity index (χ3v) is 4.04. The molecule has 0 saturated carbocycles. The number of phenolic OH excluding ortho intramolecular Hbond substituents is 1. The number of rotatable bonds is 3. The topological polar surface area (TPSA) is 90.1 Å². The molecule has 0 bridgehead atoms. The smallest absolute Gasteiger partial charge is 0.319 e. The van der Waals surface area contributed by atoms with Crippen LogP contribution in [0.4, 0.5) is 0 Å². The first-order chi connectivity index (χ1) is 9.63. The highest BCUT2D eigenvalue weighted by atomic mass is 32.2. The number of phenols is 1. The second kappa shape index (κ2) is 5.12. The van der Waals surface area contributed by atoms with Gasteiger partial charge in [0.25, 0.3) is 0 Å². The van der Waals surface area contributed by atoms with Crippen LogP contribution in [0, 0.1) is 0 Å². The molecule has 20 heavy (non-hydrogen) atoms. The van der Waals surface area contributed by atoms with Crippen molar-refractivity contribution in [3.05, 3.63) is 24.3 Å². The van der Waals surface area contributed by atoms with E-state index in [0.717, 1.165) is 5.69 Å². The average Bonchev–Trinajstić information content (AvgIpc) is 2.98. The third-order valence-electron chi connectivity index (χ3n) is 2.91. The Kier molecular flexibility index (Phi) is 3.31. The molecule has 2 aromatic rings. The van der Waals surface area contributed by atoms with E-state index in [9.17, 15) is 9.90 Å². The van der Waals surface area contributed by atoms with Crippen LogP contribution in [0.2, 0.25) is 0 Å². The molecule has 1 aromatic carbocycles. The van der Waals surface area contributed by atoms with Crippen LogP contribution in [0.15, 0.2) is 29.4 Å². The van der Waals surface area contributed by atoms with Crippen molar-refractivity contribution in [3.8, 4) is 11.4 Å². The molecule has 7 nitrogen and oxygen atoms in total. The van der Waals surface area contributed by atoms with Gasteiger partial charge in [-0.25, -0.2) is 0 Å². The maximum Gasteiger partial charge on any atom is 0.319 e. The van der Waals surface area contributed by atoms with Crippen LogP contribution in [0.5, 0.6) is 5.75 Å². The number of carbonyl (C=O) groups is 1.